The third-order valence-electron chi connectivity index (χ3n) is 6.51. The molecule has 2 aromatic carbocycles. The molecule has 5 rings (SSSR count). The number of hydrogen-bond donors (Lipinski definition) is 1. The number of anilines is 2. The van der Waals surface area contributed by atoms with Crippen molar-refractivity contribution in [2.75, 3.05) is 41.6 Å². The van der Waals surface area contributed by atoms with E-state index in [-0.39, 0.29) is 11.7 Å². The van der Waals surface area contributed by atoms with Crippen molar-refractivity contribution in [3.05, 3.63) is 73.2 Å². The van der Waals surface area contributed by atoms with Gasteiger partial charge in [0, 0.05) is 42.8 Å². The van der Waals surface area contributed by atoms with E-state index in [1.54, 1.807) is 35.0 Å². The minimum Gasteiger partial charge on any atom is -0.353 e. The predicted octanol–water partition coefficient (Wildman–Crippen LogP) is 3.90. The Morgan fingerprint density at radius 2 is 1.64 bits per heavy atom. The van der Waals surface area contributed by atoms with Crippen LogP contribution in [0.25, 0.3) is 22.2 Å². The molecule has 1 saturated heterocycles. The molecular formula is C28H32N6O3S2. The van der Waals surface area contributed by atoms with Crippen LogP contribution in [-0.2, 0) is 19.7 Å². The molecule has 0 saturated carbocycles. The SMILES string of the molecule is C=S(=O)(Nc1cncc(-c2ccc3ncc(N4CCN(S(=O)(=O)CC(C)C)CC4)nc3c2)c1)c1ccccc1. The molecule has 1 aliphatic rings. The van der Waals surface area contributed by atoms with E-state index in [1.807, 2.05) is 56.3 Å². The Balaban J connectivity index is 1.35. The molecule has 9 nitrogen and oxygen atoms in total. The minimum atomic E-state index is -3.25. The van der Waals surface area contributed by atoms with Gasteiger partial charge in [0.25, 0.3) is 0 Å². The smallest absolute Gasteiger partial charge is 0.214 e. The van der Waals surface area contributed by atoms with Gasteiger partial charge in [0.05, 0.1) is 44.6 Å². The van der Waals surface area contributed by atoms with E-state index in [2.05, 4.69) is 25.5 Å². The first-order valence-electron chi connectivity index (χ1n) is 12.8. The number of benzene rings is 2. The summed E-state index contributed by atoms with van der Waals surface area (Å²) in [5.74, 6) is 4.86. The Labute approximate surface area is 230 Å². The van der Waals surface area contributed by atoms with E-state index >= 15 is 0 Å². The van der Waals surface area contributed by atoms with Gasteiger partial charge in [-0.2, -0.15) is 4.31 Å². The normalized spacial score (nSPS) is 16.3. The van der Waals surface area contributed by atoms with Gasteiger partial charge in [-0.1, -0.05) is 38.1 Å². The van der Waals surface area contributed by atoms with Crippen molar-refractivity contribution >= 4 is 48.1 Å². The van der Waals surface area contributed by atoms with Crippen molar-refractivity contribution in [1.82, 2.24) is 19.3 Å². The van der Waals surface area contributed by atoms with E-state index in [1.165, 1.54) is 0 Å². The van der Waals surface area contributed by atoms with Crippen LogP contribution in [0.15, 0.2) is 78.1 Å². The molecule has 0 bridgehead atoms. The summed E-state index contributed by atoms with van der Waals surface area (Å²) in [5.41, 5.74) is 3.81. The zero-order valence-corrected chi connectivity index (χ0v) is 23.7. The van der Waals surface area contributed by atoms with E-state index in [0.29, 0.717) is 42.6 Å². The average Bonchev–Trinajstić information content (AvgIpc) is 2.92. The maximum Gasteiger partial charge on any atom is 0.214 e. The zero-order valence-electron chi connectivity index (χ0n) is 22.0. The van der Waals surface area contributed by atoms with Crippen molar-refractivity contribution < 1.29 is 12.6 Å². The molecule has 0 aliphatic carbocycles. The van der Waals surface area contributed by atoms with Crippen LogP contribution in [-0.4, -0.2) is 69.7 Å². The molecule has 3 heterocycles. The van der Waals surface area contributed by atoms with Gasteiger partial charge in [0.2, 0.25) is 10.0 Å². The molecule has 0 radical (unpaired) electrons. The molecule has 2 aromatic heterocycles. The molecule has 1 N–H and O–H groups in total. The van der Waals surface area contributed by atoms with E-state index in [4.69, 9.17) is 4.98 Å². The molecule has 1 aliphatic heterocycles. The fourth-order valence-corrected chi connectivity index (χ4v) is 7.58. The number of nitrogens with one attached hydrogen (secondary N) is 1. The monoisotopic (exact) mass is 564 g/mol. The lowest BCUT2D eigenvalue weighted by atomic mass is 10.1. The van der Waals surface area contributed by atoms with E-state index in [9.17, 15) is 12.6 Å². The van der Waals surface area contributed by atoms with Gasteiger partial charge in [0.1, 0.15) is 5.82 Å². The summed E-state index contributed by atoms with van der Waals surface area (Å²) < 4.78 is 43.0. The van der Waals surface area contributed by atoms with Crippen molar-refractivity contribution in [1.29, 1.82) is 0 Å². The van der Waals surface area contributed by atoms with Gasteiger partial charge < -0.3 is 9.62 Å². The van der Waals surface area contributed by atoms with Crippen LogP contribution in [0.4, 0.5) is 11.5 Å². The lowest BCUT2D eigenvalue weighted by molar-refractivity contribution is 0.381. The molecule has 11 heteroatoms. The summed E-state index contributed by atoms with van der Waals surface area (Å²) in [4.78, 5) is 16.5. The summed E-state index contributed by atoms with van der Waals surface area (Å²) in [7, 11) is -6.00. The summed E-state index contributed by atoms with van der Waals surface area (Å²) in [6, 6.07) is 16.8. The van der Waals surface area contributed by atoms with Crippen molar-refractivity contribution in [2.45, 2.75) is 18.7 Å². The van der Waals surface area contributed by atoms with Crippen LogP contribution in [0.3, 0.4) is 0 Å². The van der Waals surface area contributed by atoms with Crippen molar-refractivity contribution in [3.8, 4) is 11.1 Å². The number of pyridine rings is 1. The fraction of sp³-hybridized carbons (Fsp3) is 0.286. The Bertz CT molecular complexity index is 1690. The third-order valence-corrected chi connectivity index (χ3v) is 10.3. The number of nitrogens with zero attached hydrogens (tertiary/aromatic N) is 5. The molecule has 1 atom stereocenters. The van der Waals surface area contributed by atoms with E-state index < -0.39 is 19.7 Å². The third kappa shape index (κ3) is 6.21. The lowest BCUT2D eigenvalue weighted by Crippen LogP contribution is -2.49. The van der Waals surface area contributed by atoms with Crippen molar-refractivity contribution in [2.24, 2.45) is 5.92 Å². The maximum absolute atomic E-state index is 13.2. The number of piperazine rings is 1. The Hall–Kier alpha value is -3.54. The highest BCUT2D eigenvalue weighted by atomic mass is 32.2. The molecule has 1 unspecified atom stereocenters. The standard InChI is InChI=1S/C28H32N6O3S2/c1-21(2)20-39(36,37)34-13-11-33(12-14-34)28-19-30-26-10-9-22(16-27(26)31-28)23-15-24(18-29-17-23)32-38(3,35)25-7-5-4-6-8-25/h4-10,15-19,21H,3,11-14,20H2,1-2H3,(H,32,35). The number of sulfonamides is 1. The molecule has 39 heavy (non-hydrogen) atoms. The lowest BCUT2D eigenvalue weighted by Gasteiger charge is -2.34. The second-order valence-corrected chi connectivity index (χ2v) is 14.1. The number of hydrogen-bond acceptors (Lipinski definition) is 7. The van der Waals surface area contributed by atoms with Crippen molar-refractivity contribution in [3.63, 3.8) is 0 Å². The van der Waals surface area contributed by atoms with Crippen LogP contribution < -0.4 is 9.62 Å². The average molecular weight is 565 g/mol. The van der Waals surface area contributed by atoms with Crippen LogP contribution in [0.5, 0.6) is 0 Å². The van der Waals surface area contributed by atoms with Crippen LogP contribution >= 0.6 is 0 Å². The van der Waals surface area contributed by atoms with Crippen LogP contribution in [0.1, 0.15) is 13.8 Å². The van der Waals surface area contributed by atoms with E-state index in [0.717, 1.165) is 22.2 Å². The van der Waals surface area contributed by atoms with Crippen LogP contribution in [0, 0.1) is 5.92 Å². The summed E-state index contributed by atoms with van der Waals surface area (Å²) in [6.45, 7) is 5.80. The first-order valence-corrected chi connectivity index (χ1v) is 16.1. The summed E-state index contributed by atoms with van der Waals surface area (Å²) in [5, 5.41) is 0. The number of aromatic nitrogens is 3. The second kappa shape index (κ2) is 10.9. The quantitative estimate of drug-likeness (QED) is 0.323. The second-order valence-electron chi connectivity index (χ2n) is 10.0. The molecule has 0 amide bonds. The number of rotatable bonds is 8. The Morgan fingerprint density at radius 3 is 2.36 bits per heavy atom. The maximum atomic E-state index is 13.2. The highest BCUT2D eigenvalue weighted by molar-refractivity contribution is 8.01. The van der Waals surface area contributed by atoms with Gasteiger partial charge in [-0.3, -0.25) is 9.97 Å². The minimum absolute atomic E-state index is 0.0897. The Morgan fingerprint density at radius 1 is 0.897 bits per heavy atom. The van der Waals surface area contributed by atoms with Crippen LogP contribution in [0.2, 0.25) is 0 Å². The molecule has 0 spiro atoms. The Kier molecular flexibility index (Phi) is 7.57. The highest BCUT2D eigenvalue weighted by Gasteiger charge is 2.28. The fourth-order valence-electron chi connectivity index (χ4n) is 4.60. The van der Waals surface area contributed by atoms with Gasteiger partial charge in [-0.25, -0.2) is 17.6 Å². The first-order chi connectivity index (χ1) is 18.6. The predicted molar refractivity (Wildman–Crippen MR) is 159 cm³/mol. The molecule has 4 aromatic rings. The molecule has 1 fully saturated rings. The highest BCUT2D eigenvalue weighted by Crippen LogP contribution is 2.27. The summed E-state index contributed by atoms with van der Waals surface area (Å²) in [6.07, 6.45) is 5.10. The topological polar surface area (TPSA) is 108 Å². The molecule has 204 valence electrons. The van der Waals surface area contributed by atoms with Gasteiger partial charge in [-0.15, -0.1) is 0 Å². The molecular weight excluding hydrogens is 532 g/mol. The summed E-state index contributed by atoms with van der Waals surface area (Å²) >= 11 is 0. The first kappa shape index (κ1) is 27.0. The largest absolute Gasteiger partial charge is 0.353 e. The van der Waals surface area contributed by atoms with Gasteiger partial charge in [-0.05, 0) is 47.7 Å². The zero-order chi connectivity index (χ0) is 27.6. The van der Waals surface area contributed by atoms with Gasteiger partial charge >= 0.3 is 0 Å². The number of fused-ring (bicyclic) bond motifs is 1. The van der Waals surface area contributed by atoms with Gasteiger partial charge in [0.15, 0.2) is 0 Å².